The molecule has 2 rings (SSSR count). The highest BCUT2D eigenvalue weighted by Crippen LogP contribution is 2.00. The Labute approximate surface area is 73.9 Å². The molecule has 0 atom stereocenters. The lowest BCUT2D eigenvalue weighted by Crippen LogP contribution is -2.12. The van der Waals surface area contributed by atoms with Gasteiger partial charge in [-0.25, -0.2) is 4.98 Å². The first-order valence-corrected chi connectivity index (χ1v) is 3.74. The maximum atomic E-state index is 7.10. The van der Waals surface area contributed by atoms with Crippen LogP contribution in [0.5, 0.6) is 0 Å². The minimum Gasteiger partial charge on any atom is -0.387 e. The van der Waals surface area contributed by atoms with Crippen molar-refractivity contribution in [2.24, 2.45) is 5.73 Å². The van der Waals surface area contributed by atoms with Gasteiger partial charge in [-0.2, -0.15) is 5.10 Å². The van der Waals surface area contributed by atoms with Crippen LogP contribution in [0.2, 0.25) is 0 Å². The van der Waals surface area contributed by atoms with Gasteiger partial charge in [0.15, 0.2) is 0 Å². The molecule has 0 fully saturated rings. The first-order valence-electron chi connectivity index (χ1n) is 3.74. The first kappa shape index (κ1) is 7.66. The number of fused-ring (bicyclic) bond motifs is 1. The molecule has 0 amide bonds. The van der Waals surface area contributed by atoms with Gasteiger partial charge in [0.05, 0.1) is 17.7 Å². The van der Waals surface area contributed by atoms with Crippen molar-refractivity contribution in [3.05, 3.63) is 24.3 Å². The Bertz CT molecular complexity index is 412. The van der Waals surface area contributed by atoms with Crippen LogP contribution in [0.25, 0.3) is 5.78 Å². The van der Waals surface area contributed by atoms with Gasteiger partial charge in [-0.3, -0.25) is 9.81 Å². The monoisotopic (exact) mass is 176 g/mol. The van der Waals surface area contributed by atoms with Crippen LogP contribution in [-0.2, 0) is 6.42 Å². The third-order valence-electron chi connectivity index (χ3n) is 1.58. The predicted molar refractivity (Wildman–Crippen MR) is 46.4 cm³/mol. The number of aromatic nitrogens is 4. The van der Waals surface area contributed by atoms with Crippen molar-refractivity contribution in [2.75, 3.05) is 0 Å². The molecule has 6 heteroatoms. The zero-order valence-corrected chi connectivity index (χ0v) is 6.81. The minimum atomic E-state index is 0.0939. The number of hydrogen-bond donors (Lipinski definition) is 2. The Kier molecular flexibility index (Phi) is 1.66. The first-order chi connectivity index (χ1) is 6.25. The third kappa shape index (κ3) is 1.46. The van der Waals surface area contributed by atoms with Gasteiger partial charge in [-0.1, -0.05) is 0 Å². The minimum absolute atomic E-state index is 0.0939. The number of nitrogens with zero attached hydrogens (tertiary/aromatic N) is 4. The standard InChI is InChI=1S/C7H8N6/c8-6(9)3-5-4-13-2-1-10-12-7(13)11-5/h1-2,4H,3H2,(H3,8,9). The fourth-order valence-electron chi connectivity index (χ4n) is 1.08. The van der Waals surface area contributed by atoms with Crippen molar-refractivity contribution in [3.8, 4) is 0 Å². The molecule has 66 valence electrons. The van der Waals surface area contributed by atoms with Gasteiger partial charge in [0.1, 0.15) is 0 Å². The lowest BCUT2D eigenvalue weighted by molar-refractivity contribution is 0.965. The van der Waals surface area contributed by atoms with E-state index in [-0.39, 0.29) is 5.84 Å². The van der Waals surface area contributed by atoms with Crippen LogP contribution in [0.3, 0.4) is 0 Å². The van der Waals surface area contributed by atoms with Crippen LogP contribution in [0.4, 0.5) is 0 Å². The Morgan fingerprint density at radius 3 is 3.15 bits per heavy atom. The van der Waals surface area contributed by atoms with Gasteiger partial charge in [-0.15, -0.1) is 5.10 Å². The average Bonchev–Trinajstić information content (AvgIpc) is 2.44. The van der Waals surface area contributed by atoms with E-state index in [1.807, 2.05) is 0 Å². The Morgan fingerprint density at radius 2 is 2.46 bits per heavy atom. The summed E-state index contributed by atoms with van der Waals surface area (Å²) in [6.07, 6.45) is 5.46. The molecule has 0 aromatic carbocycles. The SMILES string of the molecule is N=C(N)Cc1cn2ccnnc2n1. The number of imidazole rings is 1. The molecule has 2 aromatic heterocycles. The lowest BCUT2D eigenvalue weighted by Gasteiger charge is -1.89. The zero-order valence-electron chi connectivity index (χ0n) is 6.81. The van der Waals surface area contributed by atoms with Crippen LogP contribution < -0.4 is 5.73 Å². The lowest BCUT2D eigenvalue weighted by atomic mass is 10.3. The second-order valence-corrected chi connectivity index (χ2v) is 2.66. The van der Waals surface area contributed by atoms with E-state index in [1.165, 1.54) is 0 Å². The molecule has 0 aliphatic rings. The molecule has 0 aliphatic heterocycles. The molecule has 0 bridgehead atoms. The number of nitrogens with two attached hydrogens (primary N) is 1. The van der Waals surface area contributed by atoms with Crippen LogP contribution in [0.15, 0.2) is 18.6 Å². The largest absolute Gasteiger partial charge is 0.387 e. The van der Waals surface area contributed by atoms with Crippen LogP contribution >= 0.6 is 0 Å². The van der Waals surface area contributed by atoms with Crippen molar-refractivity contribution < 1.29 is 0 Å². The molecule has 2 aromatic rings. The van der Waals surface area contributed by atoms with Gasteiger partial charge in [0, 0.05) is 18.8 Å². The molecule has 3 N–H and O–H groups in total. The van der Waals surface area contributed by atoms with E-state index >= 15 is 0 Å². The van der Waals surface area contributed by atoms with E-state index < -0.39 is 0 Å². The van der Waals surface area contributed by atoms with Crippen LogP contribution in [0, 0.1) is 5.41 Å². The number of amidine groups is 1. The normalized spacial score (nSPS) is 10.5. The highest BCUT2D eigenvalue weighted by molar-refractivity contribution is 5.79. The Hall–Kier alpha value is -1.98. The summed E-state index contributed by atoms with van der Waals surface area (Å²) < 4.78 is 1.74. The summed E-state index contributed by atoms with van der Waals surface area (Å²) in [5.74, 6) is 0.620. The van der Waals surface area contributed by atoms with E-state index in [9.17, 15) is 0 Å². The molecule has 13 heavy (non-hydrogen) atoms. The maximum absolute atomic E-state index is 7.10. The number of rotatable bonds is 2. The van der Waals surface area contributed by atoms with Crippen molar-refractivity contribution in [1.82, 2.24) is 19.6 Å². The van der Waals surface area contributed by atoms with Gasteiger partial charge < -0.3 is 5.73 Å². The van der Waals surface area contributed by atoms with Crippen LogP contribution in [0.1, 0.15) is 5.69 Å². The van der Waals surface area contributed by atoms with Gasteiger partial charge >= 0.3 is 0 Å². The van der Waals surface area contributed by atoms with E-state index in [1.54, 1.807) is 23.0 Å². The summed E-state index contributed by atoms with van der Waals surface area (Å²) in [6, 6.07) is 0. The fraction of sp³-hybridized carbons (Fsp3) is 0.143. The quantitative estimate of drug-likeness (QED) is 0.481. The molecule has 0 unspecified atom stereocenters. The third-order valence-corrected chi connectivity index (χ3v) is 1.58. The molecule has 0 spiro atoms. The summed E-state index contributed by atoms with van der Waals surface area (Å²) >= 11 is 0. The van der Waals surface area contributed by atoms with Crippen LogP contribution in [-0.4, -0.2) is 25.4 Å². The smallest absolute Gasteiger partial charge is 0.253 e. The zero-order chi connectivity index (χ0) is 9.26. The van der Waals surface area contributed by atoms with Crippen molar-refractivity contribution in [1.29, 1.82) is 5.41 Å². The number of nitrogens with one attached hydrogen (secondary N) is 1. The van der Waals surface area contributed by atoms with E-state index in [0.717, 1.165) is 5.69 Å². The highest BCUT2D eigenvalue weighted by Gasteiger charge is 2.02. The molecule has 2 heterocycles. The fourth-order valence-corrected chi connectivity index (χ4v) is 1.08. The molecule has 0 radical (unpaired) electrons. The van der Waals surface area contributed by atoms with Crippen molar-refractivity contribution in [3.63, 3.8) is 0 Å². The second kappa shape index (κ2) is 2.81. The molecule has 6 nitrogen and oxygen atoms in total. The van der Waals surface area contributed by atoms with Gasteiger partial charge in [0.2, 0.25) is 0 Å². The summed E-state index contributed by atoms with van der Waals surface area (Å²) in [5, 5.41) is 14.6. The van der Waals surface area contributed by atoms with Gasteiger partial charge in [-0.05, 0) is 0 Å². The molecular weight excluding hydrogens is 168 g/mol. The topological polar surface area (TPSA) is 93.0 Å². The molecule has 0 saturated carbocycles. The number of hydrogen-bond acceptors (Lipinski definition) is 4. The Balaban J connectivity index is 2.44. The van der Waals surface area contributed by atoms with Crippen molar-refractivity contribution >= 4 is 11.6 Å². The highest BCUT2D eigenvalue weighted by atomic mass is 15.2. The molecule has 0 saturated heterocycles. The summed E-state index contributed by atoms with van der Waals surface area (Å²) in [7, 11) is 0. The summed E-state index contributed by atoms with van der Waals surface area (Å²) in [5.41, 5.74) is 5.97. The van der Waals surface area contributed by atoms with Gasteiger partial charge in [0.25, 0.3) is 5.78 Å². The molecule has 0 aliphatic carbocycles. The summed E-state index contributed by atoms with van der Waals surface area (Å²) in [4.78, 5) is 4.12. The second-order valence-electron chi connectivity index (χ2n) is 2.66. The van der Waals surface area contributed by atoms with E-state index in [2.05, 4.69) is 15.2 Å². The summed E-state index contributed by atoms with van der Waals surface area (Å²) in [6.45, 7) is 0. The van der Waals surface area contributed by atoms with Crippen molar-refractivity contribution in [2.45, 2.75) is 6.42 Å². The molecular formula is C7H8N6. The Morgan fingerprint density at radius 1 is 1.62 bits per heavy atom. The average molecular weight is 176 g/mol. The van der Waals surface area contributed by atoms with E-state index in [4.69, 9.17) is 11.1 Å². The van der Waals surface area contributed by atoms with E-state index in [0.29, 0.717) is 12.2 Å². The predicted octanol–water partition coefficient (Wildman–Crippen LogP) is -0.397. The maximum Gasteiger partial charge on any atom is 0.253 e.